The van der Waals surface area contributed by atoms with E-state index >= 15 is 0 Å². The first-order valence-electron chi connectivity index (χ1n) is 7.41. The molecule has 102 valence electrons. The van der Waals surface area contributed by atoms with E-state index in [1.165, 1.54) is 18.4 Å². The van der Waals surface area contributed by atoms with Crippen LogP contribution in [0.1, 0.15) is 59.1 Å². The molecule has 0 aromatic heterocycles. The van der Waals surface area contributed by atoms with E-state index in [1.54, 1.807) is 0 Å². The summed E-state index contributed by atoms with van der Waals surface area (Å²) in [6.07, 6.45) is 2.51. The van der Waals surface area contributed by atoms with Crippen molar-refractivity contribution in [1.29, 1.82) is 0 Å². The van der Waals surface area contributed by atoms with Crippen molar-refractivity contribution < 1.29 is 0 Å². The van der Waals surface area contributed by atoms with Crippen LogP contribution in [0.25, 0.3) is 0 Å². The summed E-state index contributed by atoms with van der Waals surface area (Å²) in [5.74, 6) is 1.39. The SMILES string of the molecule is CCC(CC)C(C)NC(c1ccccc1)C(C)C. The molecule has 2 unspecified atom stereocenters. The fourth-order valence-corrected chi connectivity index (χ4v) is 2.75. The van der Waals surface area contributed by atoms with Crippen LogP contribution in [0.15, 0.2) is 30.3 Å². The van der Waals surface area contributed by atoms with E-state index < -0.39 is 0 Å². The highest BCUT2D eigenvalue weighted by atomic mass is 15.0. The summed E-state index contributed by atoms with van der Waals surface area (Å²) in [6, 6.07) is 11.9. The first-order valence-corrected chi connectivity index (χ1v) is 7.41. The van der Waals surface area contributed by atoms with E-state index in [-0.39, 0.29) is 0 Å². The second-order valence-electron chi connectivity index (χ2n) is 5.66. The number of benzene rings is 1. The van der Waals surface area contributed by atoms with Crippen molar-refractivity contribution in [2.75, 3.05) is 0 Å². The topological polar surface area (TPSA) is 12.0 Å². The number of rotatable bonds is 7. The van der Waals surface area contributed by atoms with Crippen LogP contribution < -0.4 is 5.32 Å². The van der Waals surface area contributed by atoms with Crippen molar-refractivity contribution in [3.05, 3.63) is 35.9 Å². The van der Waals surface area contributed by atoms with E-state index in [9.17, 15) is 0 Å². The molecule has 0 aliphatic heterocycles. The summed E-state index contributed by atoms with van der Waals surface area (Å²) in [5, 5.41) is 3.83. The normalized spacial score (nSPS) is 15.1. The highest BCUT2D eigenvalue weighted by Crippen LogP contribution is 2.24. The van der Waals surface area contributed by atoms with Crippen LogP contribution in [-0.4, -0.2) is 6.04 Å². The Morgan fingerprint density at radius 2 is 1.50 bits per heavy atom. The largest absolute Gasteiger partial charge is 0.307 e. The molecule has 0 aliphatic rings. The highest BCUT2D eigenvalue weighted by Gasteiger charge is 2.21. The van der Waals surface area contributed by atoms with E-state index in [0.717, 1.165) is 5.92 Å². The molecule has 0 heterocycles. The molecule has 1 N–H and O–H groups in total. The monoisotopic (exact) mass is 247 g/mol. The molecule has 1 rings (SSSR count). The fourth-order valence-electron chi connectivity index (χ4n) is 2.75. The Hall–Kier alpha value is -0.820. The van der Waals surface area contributed by atoms with Crippen LogP contribution in [0.3, 0.4) is 0 Å². The van der Waals surface area contributed by atoms with E-state index in [4.69, 9.17) is 0 Å². The third kappa shape index (κ3) is 4.13. The molecule has 0 saturated heterocycles. The van der Waals surface area contributed by atoms with Gasteiger partial charge in [-0.2, -0.15) is 0 Å². The Kier molecular flexibility index (Phi) is 6.42. The summed E-state index contributed by atoms with van der Waals surface area (Å²) in [6.45, 7) is 11.5. The maximum Gasteiger partial charge on any atom is 0.0345 e. The molecule has 1 nitrogen and oxygen atoms in total. The lowest BCUT2D eigenvalue weighted by atomic mass is 9.90. The molecule has 1 heteroatoms. The highest BCUT2D eigenvalue weighted by molar-refractivity contribution is 5.19. The lowest BCUT2D eigenvalue weighted by Crippen LogP contribution is -2.38. The van der Waals surface area contributed by atoms with Crippen LogP contribution >= 0.6 is 0 Å². The molecule has 0 fully saturated rings. The van der Waals surface area contributed by atoms with Crippen LogP contribution in [0.4, 0.5) is 0 Å². The fraction of sp³-hybridized carbons (Fsp3) is 0.647. The van der Waals surface area contributed by atoms with Crippen molar-refractivity contribution in [2.45, 2.75) is 59.5 Å². The van der Waals surface area contributed by atoms with Crippen LogP contribution in [0, 0.1) is 11.8 Å². The Labute approximate surface area is 113 Å². The minimum absolute atomic E-state index is 0.460. The maximum atomic E-state index is 3.83. The van der Waals surface area contributed by atoms with Gasteiger partial charge in [-0.15, -0.1) is 0 Å². The van der Waals surface area contributed by atoms with Crippen molar-refractivity contribution in [3.63, 3.8) is 0 Å². The zero-order valence-corrected chi connectivity index (χ0v) is 12.6. The minimum Gasteiger partial charge on any atom is -0.307 e. The minimum atomic E-state index is 0.460. The molecular formula is C17H29N. The quantitative estimate of drug-likeness (QED) is 0.730. The lowest BCUT2D eigenvalue weighted by Gasteiger charge is -2.31. The smallest absolute Gasteiger partial charge is 0.0345 e. The second kappa shape index (κ2) is 7.58. The average molecular weight is 247 g/mol. The molecule has 2 atom stereocenters. The zero-order chi connectivity index (χ0) is 13.5. The van der Waals surface area contributed by atoms with Gasteiger partial charge in [0, 0.05) is 12.1 Å². The van der Waals surface area contributed by atoms with Crippen LogP contribution in [0.2, 0.25) is 0 Å². The predicted molar refractivity (Wildman–Crippen MR) is 80.7 cm³/mol. The van der Waals surface area contributed by atoms with Gasteiger partial charge < -0.3 is 5.32 Å². The molecule has 0 spiro atoms. The Morgan fingerprint density at radius 3 is 1.94 bits per heavy atom. The third-order valence-electron chi connectivity index (χ3n) is 4.02. The van der Waals surface area contributed by atoms with Gasteiger partial charge in [0.2, 0.25) is 0 Å². The Balaban J connectivity index is 2.76. The standard InChI is InChI=1S/C17H29N/c1-6-15(7-2)14(5)18-17(13(3)4)16-11-9-8-10-12-16/h8-15,17-18H,6-7H2,1-5H3. The lowest BCUT2D eigenvalue weighted by molar-refractivity contribution is 0.289. The first kappa shape index (κ1) is 15.2. The van der Waals surface area contributed by atoms with Gasteiger partial charge in [0.15, 0.2) is 0 Å². The van der Waals surface area contributed by atoms with Gasteiger partial charge in [-0.3, -0.25) is 0 Å². The first-order chi connectivity index (χ1) is 8.60. The summed E-state index contributed by atoms with van der Waals surface area (Å²) in [7, 11) is 0. The number of hydrogen-bond acceptors (Lipinski definition) is 1. The van der Waals surface area contributed by atoms with E-state index in [1.807, 2.05) is 0 Å². The second-order valence-corrected chi connectivity index (χ2v) is 5.66. The van der Waals surface area contributed by atoms with Gasteiger partial charge >= 0.3 is 0 Å². The zero-order valence-electron chi connectivity index (χ0n) is 12.6. The summed E-state index contributed by atoms with van der Waals surface area (Å²) >= 11 is 0. The molecular weight excluding hydrogens is 218 g/mol. The van der Waals surface area contributed by atoms with Crippen LogP contribution in [-0.2, 0) is 0 Å². The molecule has 0 radical (unpaired) electrons. The van der Waals surface area contributed by atoms with Crippen LogP contribution in [0.5, 0.6) is 0 Å². The van der Waals surface area contributed by atoms with Gasteiger partial charge in [0.1, 0.15) is 0 Å². The summed E-state index contributed by atoms with van der Waals surface area (Å²) in [5.41, 5.74) is 1.41. The van der Waals surface area contributed by atoms with Crippen molar-refractivity contribution in [2.24, 2.45) is 11.8 Å². The predicted octanol–water partition coefficient (Wildman–Crippen LogP) is 4.80. The van der Waals surface area contributed by atoms with Gasteiger partial charge in [-0.05, 0) is 24.3 Å². The molecule has 1 aromatic carbocycles. The number of hydrogen-bond donors (Lipinski definition) is 1. The molecule has 0 amide bonds. The van der Waals surface area contributed by atoms with Gasteiger partial charge in [-0.25, -0.2) is 0 Å². The molecule has 1 aromatic rings. The molecule has 18 heavy (non-hydrogen) atoms. The number of nitrogens with one attached hydrogen (secondary N) is 1. The average Bonchev–Trinajstić information content (AvgIpc) is 2.38. The maximum absolute atomic E-state index is 3.83. The molecule has 0 aliphatic carbocycles. The molecule has 0 saturated carbocycles. The molecule has 0 bridgehead atoms. The Morgan fingerprint density at radius 1 is 0.944 bits per heavy atom. The van der Waals surface area contributed by atoms with Gasteiger partial charge in [0.25, 0.3) is 0 Å². The Bertz CT molecular complexity index is 314. The van der Waals surface area contributed by atoms with Gasteiger partial charge in [-0.1, -0.05) is 70.9 Å². The van der Waals surface area contributed by atoms with E-state index in [2.05, 4.69) is 70.3 Å². The summed E-state index contributed by atoms with van der Waals surface area (Å²) < 4.78 is 0. The third-order valence-corrected chi connectivity index (χ3v) is 4.02. The van der Waals surface area contributed by atoms with Crippen molar-refractivity contribution >= 4 is 0 Å². The summed E-state index contributed by atoms with van der Waals surface area (Å²) in [4.78, 5) is 0. The van der Waals surface area contributed by atoms with Crippen molar-refractivity contribution in [1.82, 2.24) is 5.32 Å². The van der Waals surface area contributed by atoms with E-state index in [0.29, 0.717) is 18.0 Å². The van der Waals surface area contributed by atoms with Crippen molar-refractivity contribution in [3.8, 4) is 0 Å². The van der Waals surface area contributed by atoms with Gasteiger partial charge in [0.05, 0.1) is 0 Å².